The highest BCUT2D eigenvalue weighted by Gasteiger charge is 2.04. The molecule has 5 heteroatoms. The first-order chi connectivity index (χ1) is 7.61. The molecule has 0 aliphatic heterocycles. The zero-order valence-corrected chi connectivity index (χ0v) is 10.8. The molecule has 0 amide bonds. The van der Waals surface area contributed by atoms with Crippen LogP contribution >= 0.6 is 0 Å². The molecule has 1 heterocycles. The second-order valence-electron chi connectivity index (χ2n) is 3.75. The highest BCUT2D eigenvalue weighted by atomic mass is 32.2. The standard InChI is InChI=1S/C11H19N3OS/c1-4-12-11-7-10(5-6-13-11)14-9(2)8-16(3)15/h5-7,9H,4,8H2,1-3H3,(H2,12,13,14). The van der Waals surface area contributed by atoms with Crippen LogP contribution < -0.4 is 10.6 Å². The Bertz CT molecular complexity index is 357. The summed E-state index contributed by atoms with van der Waals surface area (Å²) in [6.45, 7) is 4.91. The number of nitrogens with one attached hydrogen (secondary N) is 2. The Balaban J connectivity index is 2.59. The lowest BCUT2D eigenvalue weighted by molar-refractivity contribution is 0.683. The predicted molar refractivity (Wildman–Crippen MR) is 70.4 cm³/mol. The van der Waals surface area contributed by atoms with Crippen molar-refractivity contribution in [3.63, 3.8) is 0 Å². The van der Waals surface area contributed by atoms with Crippen LogP contribution in [0.25, 0.3) is 0 Å². The first-order valence-corrected chi connectivity index (χ1v) is 7.11. The van der Waals surface area contributed by atoms with E-state index in [0.29, 0.717) is 5.75 Å². The van der Waals surface area contributed by atoms with E-state index in [1.807, 2.05) is 26.0 Å². The van der Waals surface area contributed by atoms with Gasteiger partial charge in [-0.1, -0.05) is 0 Å². The Morgan fingerprint density at radius 2 is 2.31 bits per heavy atom. The van der Waals surface area contributed by atoms with Gasteiger partial charge in [-0.05, 0) is 19.9 Å². The molecule has 0 aliphatic carbocycles. The SMILES string of the molecule is CCNc1cc(NC(C)CS(C)=O)ccn1. The van der Waals surface area contributed by atoms with Crippen LogP contribution in [0.3, 0.4) is 0 Å². The Morgan fingerprint density at radius 1 is 1.56 bits per heavy atom. The van der Waals surface area contributed by atoms with Crippen molar-refractivity contribution in [2.45, 2.75) is 19.9 Å². The van der Waals surface area contributed by atoms with Crippen molar-refractivity contribution in [1.29, 1.82) is 0 Å². The molecular weight excluding hydrogens is 222 g/mol. The highest BCUT2D eigenvalue weighted by Crippen LogP contribution is 2.12. The Morgan fingerprint density at radius 3 is 2.94 bits per heavy atom. The van der Waals surface area contributed by atoms with E-state index in [1.54, 1.807) is 12.5 Å². The van der Waals surface area contributed by atoms with Crippen molar-refractivity contribution in [1.82, 2.24) is 4.98 Å². The topological polar surface area (TPSA) is 54.0 Å². The summed E-state index contributed by atoms with van der Waals surface area (Å²) in [5.74, 6) is 1.51. The molecule has 1 aromatic heterocycles. The molecule has 4 nitrogen and oxygen atoms in total. The summed E-state index contributed by atoms with van der Waals surface area (Å²) in [5, 5.41) is 6.45. The van der Waals surface area contributed by atoms with Gasteiger partial charge in [-0.15, -0.1) is 0 Å². The number of hydrogen-bond donors (Lipinski definition) is 2. The molecule has 2 atom stereocenters. The van der Waals surface area contributed by atoms with Crippen LogP contribution in [-0.2, 0) is 10.8 Å². The molecule has 2 unspecified atom stereocenters. The lowest BCUT2D eigenvalue weighted by Crippen LogP contribution is -2.22. The van der Waals surface area contributed by atoms with E-state index in [9.17, 15) is 4.21 Å². The van der Waals surface area contributed by atoms with Crippen molar-refractivity contribution in [3.8, 4) is 0 Å². The molecule has 2 N–H and O–H groups in total. The summed E-state index contributed by atoms with van der Waals surface area (Å²) in [6, 6.07) is 4.07. The van der Waals surface area contributed by atoms with Crippen LogP contribution in [-0.4, -0.2) is 33.8 Å². The minimum atomic E-state index is -0.772. The largest absolute Gasteiger partial charge is 0.382 e. The van der Waals surface area contributed by atoms with Crippen LogP contribution in [0.2, 0.25) is 0 Å². The number of aromatic nitrogens is 1. The molecule has 1 aromatic rings. The molecule has 1 rings (SSSR count). The summed E-state index contributed by atoms with van der Waals surface area (Å²) in [5.41, 5.74) is 1.00. The minimum Gasteiger partial charge on any atom is -0.382 e. The summed E-state index contributed by atoms with van der Waals surface area (Å²) >= 11 is 0. The van der Waals surface area contributed by atoms with E-state index in [1.165, 1.54) is 0 Å². The van der Waals surface area contributed by atoms with E-state index < -0.39 is 10.8 Å². The van der Waals surface area contributed by atoms with E-state index >= 15 is 0 Å². The number of hydrogen-bond acceptors (Lipinski definition) is 4. The molecule has 90 valence electrons. The van der Waals surface area contributed by atoms with Crippen molar-refractivity contribution in [3.05, 3.63) is 18.3 Å². The maximum Gasteiger partial charge on any atom is 0.127 e. The average molecular weight is 241 g/mol. The predicted octanol–water partition coefficient (Wildman–Crippen LogP) is 1.69. The quantitative estimate of drug-likeness (QED) is 0.796. The maximum atomic E-state index is 11.1. The van der Waals surface area contributed by atoms with Crippen LogP contribution in [0.15, 0.2) is 18.3 Å². The summed E-state index contributed by atoms with van der Waals surface area (Å²) in [6.07, 6.45) is 3.48. The molecule has 0 saturated heterocycles. The lowest BCUT2D eigenvalue weighted by atomic mass is 10.3. The third kappa shape index (κ3) is 4.61. The second kappa shape index (κ2) is 6.48. The second-order valence-corrected chi connectivity index (χ2v) is 5.23. The Kier molecular flexibility index (Phi) is 5.25. The maximum absolute atomic E-state index is 11.1. The van der Waals surface area contributed by atoms with Gasteiger partial charge in [0.15, 0.2) is 0 Å². The van der Waals surface area contributed by atoms with Crippen LogP contribution in [0.1, 0.15) is 13.8 Å². The first-order valence-electron chi connectivity index (χ1n) is 5.38. The Hall–Kier alpha value is -1.10. The third-order valence-electron chi connectivity index (χ3n) is 2.02. The zero-order valence-electron chi connectivity index (χ0n) is 9.99. The molecular formula is C11H19N3OS. The van der Waals surface area contributed by atoms with Gasteiger partial charge in [-0.25, -0.2) is 4.98 Å². The van der Waals surface area contributed by atoms with Crippen molar-refractivity contribution in [2.75, 3.05) is 29.2 Å². The first kappa shape index (κ1) is 13.0. The van der Waals surface area contributed by atoms with Crippen molar-refractivity contribution >= 4 is 22.3 Å². The van der Waals surface area contributed by atoms with E-state index in [0.717, 1.165) is 18.1 Å². The van der Waals surface area contributed by atoms with E-state index in [2.05, 4.69) is 15.6 Å². The van der Waals surface area contributed by atoms with Gasteiger partial charge in [0.05, 0.1) is 0 Å². The number of nitrogens with zero attached hydrogens (tertiary/aromatic N) is 1. The van der Waals surface area contributed by atoms with Gasteiger partial charge in [0.25, 0.3) is 0 Å². The highest BCUT2D eigenvalue weighted by molar-refractivity contribution is 7.84. The summed E-state index contributed by atoms with van der Waals surface area (Å²) in [7, 11) is -0.772. The van der Waals surface area contributed by atoms with Gasteiger partial charge >= 0.3 is 0 Å². The van der Waals surface area contributed by atoms with Crippen molar-refractivity contribution < 1.29 is 4.21 Å². The molecule has 16 heavy (non-hydrogen) atoms. The number of rotatable bonds is 6. The lowest BCUT2D eigenvalue weighted by Gasteiger charge is -2.14. The fraction of sp³-hybridized carbons (Fsp3) is 0.545. The smallest absolute Gasteiger partial charge is 0.127 e. The summed E-state index contributed by atoms with van der Waals surface area (Å²) in [4.78, 5) is 4.19. The molecule has 0 fully saturated rings. The normalized spacial score (nSPS) is 14.2. The van der Waals surface area contributed by atoms with Gasteiger partial charge in [-0.2, -0.15) is 0 Å². The van der Waals surface area contributed by atoms with Gasteiger partial charge in [0, 0.05) is 53.3 Å². The average Bonchev–Trinajstić information content (AvgIpc) is 2.17. The molecule has 0 radical (unpaired) electrons. The van der Waals surface area contributed by atoms with Gasteiger partial charge in [-0.3, -0.25) is 4.21 Å². The summed E-state index contributed by atoms with van der Waals surface area (Å²) < 4.78 is 11.1. The Labute approximate surface area is 99.3 Å². The fourth-order valence-electron chi connectivity index (χ4n) is 1.48. The van der Waals surface area contributed by atoms with Crippen molar-refractivity contribution in [2.24, 2.45) is 0 Å². The number of pyridine rings is 1. The third-order valence-corrected chi connectivity index (χ3v) is 2.99. The van der Waals surface area contributed by atoms with Crippen LogP contribution in [0.4, 0.5) is 11.5 Å². The number of anilines is 2. The van der Waals surface area contributed by atoms with Crippen LogP contribution in [0, 0.1) is 0 Å². The molecule has 0 spiro atoms. The van der Waals surface area contributed by atoms with E-state index in [4.69, 9.17) is 0 Å². The van der Waals surface area contributed by atoms with Gasteiger partial charge < -0.3 is 10.6 Å². The molecule has 0 aliphatic rings. The van der Waals surface area contributed by atoms with E-state index in [-0.39, 0.29) is 6.04 Å². The minimum absolute atomic E-state index is 0.197. The monoisotopic (exact) mass is 241 g/mol. The molecule has 0 aromatic carbocycles. The van der Waals surface area contributed by atoms with Gasteiger partial charge in [0.2, 0.25) is 0 Å². The zero-order chi connectivity index (χ0) is 12.0. The van der Waals surface area contributed by atoms with Gasteiger partial charge in [0.1, 0.15) is 5.82 Å². The molecule has 0 bridgehead atoms. The fourth-order valence-corrected chi connectivity index (χ4v) is 2.26. The molecule has 0 saturated carbocycles. The van der Waals surface area contributed by atoms with Crippen LogP contribution in [0.5, 0.6) is 0 Å².